The molecule has 1 atom stereocenters. The summed E-state index contributed by atoms with van der Waals surface area (Å²) in [5.74, 6) is 5.28. The normalized spacial score (nSPS) is 12.4. The van der Waals surface area contributed by atoms with Gasteiger partial charge in [0.05, 0.1) is 11.1 Å². The Bertz CT molecular complexity index is 613. The topological polar surface area (TPSA) is 38.0 Å². The predicted molar refractivity (Wildman–Crippen MR) is 81.1 cm³/mol. The minimum Gasteiger partial charge on any atom is -0.271 e. The van der Waals surface area contributed by atoms with Crippen molar-refractivity contribution in [3.63, 3.8) is 0 Å². The summed E-state index contributed by atoms with van der Waals surface area (Å²) in [6, 6.07) is 11.0. The number of halogens is 2. The highest BCUT2D eigenvalue weighted by atomic mass is 35.5. The highest BCUT2D eigenvalue weighted by molar-refractivity contribution is 6.30. The molecule has 0 saturated carbocycles. The summed E-state index contributed by atoms with van der Waals surface area (Å²) in [7, 11) is 0. The van der Waals surface area contributed by atoms with Gasteiger partial charge in [0.15, 0.2) is 0 Å². The number of hydrogen-bond donors (Lipinski definition) is 2. The van der Waals surface area contributed by atoms with Crippen molar-refractivity contribution in [3.05, 3.63) is 69.5 Å². The van der Waals surface area contributed by atoms with Crippen molar-refractivity contribution in [2.24, 2.45) is 5.84 Å². The minimum absolute atomic E-state index is 0.138. The third kappa shape index (κ3) is 3.18. The Labute approximate surface area is 123 Å². The summed E-state index contributed by atoms with van der Waals surface area (Å²) >= 11 is 5.82. The van der Waals surface area contributed by atoms with E-state index in [-0.39, 0.29) is 16.9 Å². The predicted octanol–water partition coefficient (Wildman–Crippen LogP) is 3.84. The molecule has 2 rings (SSSR count). The van der Waals surface area contributed by atoms with Crippen LogP contribution in [0.5, 0.6) is 0 Å². The first-order valence-electron chi connectivity index (χ1n) is 6.49. The quantitative estimate of drug-likeness (QED) is 0.664. The number of nitrogens with two attached hydrogens (primary N) is 1. The van der Waals surface area contributed by atoms with Gasteiger partial charge in [-0.15, -0.1) is 0 Å². The molecule has 2 nitrogen and oxygen atoms in total. The second-order valence-corrected chi connectivity index (χ2v) is 5.40. The molecule has 106 valence electrons. The molecular weight excluding hydrogens is 275 g/mol. The maximum Gasteiger partial charge on any atom is 0.145 e. The molecule has 20 heavy (non-hydrogen) atoms. The fourth-order valence-corrected chi connectivity index (χ4v) is 2.51. The van der Waals surface area contributed by atoms with Gasteiger partial charge in [-0.3, -0.25) is 11.3 Å². The summed E-state index contributed by atoms with van der Waals surface area (Å²) in [5, 5.41) is 0.138. The van der Waals surface area contributed by atoms with Gasteiger partial charge in [0.25, 0.3) is 0 Å². The molecule has 2 aromatic rings. The molecule has 0 spiro atoms. The molecule has 0 saturated heterocycles. The first kappa shape index (κ1) is 15.0. The Morgan fingerprint density at radius 1 is 1.25 bits per heavy atom. The van der Waals surface area contributed by atoms with Crippen LogP contribution in [0.4, 0.5) is 4.39 Å². The standard InChI is InChI=1S/C16H18ClFN2/c1-10-6-7-11(2)13(8-10)15(20-19)9-12-4-3-5-14(17)16(12)18/h3-8,15,20H,9,19H2,1-2H3. The number of aryl methyl sites for hydroxylation is 2. The van der Waals surface area contributed by atoms with Crippen LogP contribution in [0.2, 0.25) is 5.02 Å². The van der Waals surface area contributed by atoms with Crippen LogP contribution >= 0.6 is 11.6 Å². The van der Waals surface area contributed by atoms with Crippen LogP contribution in [0.15, 0.2) is 36.4 Å². The molecule has 0 bridgehead atoms. The number of rotatable bonds is 4. The van der Waals surface area contributed by atoms with E-state index in [1.165, 1.54) is 0 Å². The number of hydrazine groups is 1. The van der Waals surface area contributed by atoms with E-state index in [1.807, 2.05) is 26.0 Å². The first-order valence-corrected chi connectivity index (χ1v) is 6.87. The molecule has 0 aliphatic rings. The smallest absolute Gasteiger partial charge is 0.145 e. The van der Waals surface area contributed by atoms with Crippen LogP contribution in [0.25, 0.3) is 0 Å². The van der Waals surface area contributed by atoms with Crippen molar-refractivity contribution in [1.29, 1.82) is 0 Å². The average Bonchev–Trinajstić information content (AvgIpc) is 2.43. The molecule has 0 aliphatic heterocycles. The lowest BCUT2D eigenvalue weighted by Crippen LogP contribution is -2.30. The van der Waals surface area contributed by atoms with Crippen molar-refractivity contribution >= 4 is 11.6 Å². The van der Waals surface area contributed by atoms with Crippen molar-refractivity contribution in [1.82, 2.24) is 5.43 Å². The molecule has 0 radical (unpaired) electrons. The maximum absolute atomic E-state index is 14.0. The molecule has 4 heteroatoms. The number of nitrogens with one attached hydrogen (secondary N) is 1. The van der Waals surface area contributed by atoms with Crippen LogP contribution in [0.3, 0.4) is 0 Å². The average molecular weight is 293 g/mol. The second kappa shape index (κ2) is 6.35. The van der Waals surface area contributed by atoms with Crippen molar-refractivity contribution in [2.75, 3.05) is 0 Å². The van der Waals surface area contributed by atoms with E-state index in [9.17, 15) is 4.39 Å². The molecule has 2 aromatic carbocycles. The van der Waals surface area contributed by atoms with Crippen LogP contribution in [0, 0.1) is 19.7 Å². The Kier molecular flexibility index (Phi) is 4.76. The highest BCUT2D eigenvalue weighted by Crippen LogP contribution is 2.26. The highest BCUT2D eigenvalue weighted by Gasteiger charge is 2.16. The summed E-state index contributed by atoms with van der Waals surface area (Å²) < 4.78 is 14.0. The van der Waals surface area contributed by atoms with Crippen molar-refractivity contribution < 1.29 is 4.39 Å². The van der Waals surface area contributed by atoms with Gasteiger partial charge in [0.1, 0.15) is 5.82 Å². The lowest BCUT2D eigenvalue weighted by Gasteiger charge is -2.20. The molecule has 0 heterocycles. The van der Waals surface area contributed by atoms with Crippen LogP contribution in [-0.4, -0.2) is 0 Å². The van der Waals surface area contributed by atoms with Crippen molar-refractivity contribution in [3.8, 4) is 0 Å². The van der Waals surface area contributed by atoms with Crippen LogP contribution in [0.1, 0.15) is 28.3 Å². The summed E-state index contributed by atoms with van der Waals surface area (Å²) in [5.41, 5.74) is 6.68. The molecule has 0 fully saturated rings. The molecule has 3 N–H and O–H groups in total. The fourth-order valence-electron chi connectivity index (χ4n) is 2.32. The Hall–Kier alpha value is -1.42. The van der Waals surface area contributed by atoms with Gasteiger partial charge in [0.2, 0.25) is 0 Å². The van der Waals surface area contributed by atoms with Crippen LogP contribution < -0.4 is 11.3 Å². The van der Waals surface area contributed by atoms with Gasteiger partial charge in [-0.25, -0.2) is 4.39 Å². The largest absolute Gasteiger partial charge is 0.271 e. The van der Waals surface area contributed by atoms with Gasteiger partial charge in [-0.1, -0.05) is 47.5 Å². The summed E-state index contributed by atoms with van der Waals surface area (Å²) in [6.07, 6.45) is 0.452. The van der Waals surface area contributed by atoms with E-state index in [2.05, 4.69) is 11.5 Å². The summed E-state index contributed by atoms with van der Waals surface area (Å²) in [6.45, 7) is 4.05. The lowest BCUT2D eigenvalue weighted by atomic mass is 9.94. The van der Waals surface area contributed by atoms with E-state index < -0.39 is 0 Å². The lowest BCUT2D eigenvalue weighted by molar-refractivity contribution is 0.527. The molecular formula is C16H18ClFN2. The molecule has 0 amide bonds. The zero-order valence-electron chi connectivity index (χ0n) is 11.6. The van der Waals surface area contributed by atoms with Crippen molar-refractivity contribution in [2.45, 2.75) is 26.3 Å². The van der Waals surface area contributed by atoms with E-state index >= 15 is 0 Å². The first-order chi connectivity index (χ1) is 9.52. The zero-order valence-corrected chi connectivity index (χ0v) is 12.3. The van der Waals surface area contributed by atoms with Gasteiger partial charge >= 0.3 is 0 Å². The number of benzene rings is 2. The summed E-state index contributed by atoms with van der Waals surface area (Å²) in [4.78, 5) is 0. The third-order valence-electron chi connectivity index (χ3n) is 3.47. The van der Waals surface area contributed by atoms with E-state index in [0.717, 1.165) is 16.7 Å². The monoisotopic (exact) mass is 292 g/mol. The van der Waals surface area contributed by atoms with Gasteiger partial charge < -0.3 is 0 Å². The van der Waals surface area contributed by atoms with E-state index in [4.69, 9.17) is 17.4 Å². The Balaban J connectivity index is 2.34. The third-order valence-corrected chi connectivity index (χ3v) is 3.76. The molecule has 0 aliphatic carbocycles. The Morgan fingerprint density at radius 2 is 2.00 bits per heavy atom. The minimum atomic E-state index is -0.375. The van der Waals surface area contributed by atoms with Gasteiger partial charge in [-0.05, 0) is 43.0 Å². The van der Waals surface area contributed by atoms with Gasteiger partial charge in [0, 0.05) is 0 Å². The Morgan fingerprint density at radius 3 is 2.70 bits per heavy atom. The molecule has 0 aromatic heterocycles. The molecule has 1 unspecified atom stereocenters. The van der Waals surface area contributed by atoms with E-state index in [1.54, 1.807) is 18.2 Å². The SMILES string of the molecule is Cc1ccc(C)c(C(Cc2cccc(Cl)c2F)NN)c1. The number of hydrogen-bond acceptors (Lipinski definition) is 2. The zero-order chi connectivity index (χ0) is 14.7. The second-order valence-electron chi connectivity index (χ2n) is 5.00. The van der Waals surface area contributed by atoms with E-state index in [0.29, 0.717) is 12.0 Å². The maximum atomic E-state index is 14.0. The van der Waals surface area contributed by atoms with Crippen LogP contribution in [-0.2, 0) is 6.42 Å². The van der Waals surface area contributed by atoms with Gasteiger partial charge in [-0.2, -0.15) is 0 Å². The fraction of sp³-hybridized carbons (Fsp3) is 0.250.